The molecular weight excluding hydrogens is 176 g/mol. The number of aromatic nitrogens is 3. The quantitative estimate of drug-likeness (QED) is 0.723. The van der Waals surface area contributed by atoms with Gasteiger partial charge in [0, 0.05) is 19.0 Å². The van der Waals surface area contributed by atoms with E-state index < -0.39 is 0 Å². The Hall–Kier alpha value is -0.900. The van der Waals surface area contributed by atoms with Gasteiger partial charge >= 0.3 is 0 Å². The van der Waals surface area contributed by atoms with Crippen molar-refractivity contribution in [1.82, 2.24) is 20.5 Å². The Balaban J connectivity index is 2.21. The van der Waals surface area contributed by atoms with Gasteiger partial charge in [-0.05, 0) is 19.8 Å². The molecule has 1 rings (SSSR count). The van der Waals surface area contributed by atoms with E-state index in [1.54, 1.807) is 0 Å². The van der Waals surface area contributed by atoms with Crippen molar-refractivity contribution >= 4 is 0 Å². The predicted octanol–water partition coefficient (Wildman–Crippen LogP) is 1.43. The predicted molar refractivity (Wildman–Crippen MR) is 57.2 cm³/mol. The van der Waals surface area contributed by atoms with Gasteiger partial charge in [-0.25, -0.2) is 4.98 Å². The highest BCUT2D eigenvalue weighted by molar-refractivity contribution is 4.88. The third-order valence-corrected chi connectivity index (χ3v) is 2.41. The minimum absolute atomic E-state index is 0.634. The lowest BCUT2D eigenvalue weighted by molar-refractivity contribution is 0.485. The minimum Gasteiger partial charge on any atom is -0.314 e. The van der Waals surface area contributed by atoms with Crippen LogP contribution in [0.25, 0.3) is 0 Å². The third-order valence-electron chi connectivity index (χ3n) is 2.41. The summed E-state index contributed by atoms with van der Waals surface area (Å²) in [7, 11) is 0. The molecule has 1 heterocycles. The second-order valence-electron chi connectivity index (χ2n) is 3.55. The Morgan fingerprint density at radius 3 is 2.57 bits per heavy atom. The van der Waals surface area contributed by atoms with Gasteiger partial charge in [0.15, 0.2) is 5.82 Å². The number of rotatable bonds is 6. The van der Waals surface area contributed by atoms with Crippen LogP contribution >= 0.6 is 0 Å². The Labute approximate surface area is 85.5 Å². The smallest absolute Gasteiger partial charge is 0.151 e. The number of H-pyrrole nitrogens is 1. The van der Waals surface area contributed by atoms with Crippen molar-refractivity contribution in [2.45, 2.75) is 46.1 Å². The van der Waals surface area contributed by atoms with E-state index in [1.807, 2.05) is 6.92 Å². The fourth-order valence-corrected chi connectivity index (χ4v) is 1.47. The summed E-state index contributed by atoms with van der Waals surface area (Å²) in [4.78, 5) is 4.25. The summed E-state index contributed by atoms with van der Waals surface area (Å²) in [6, 6.07) is 0.634. The Kier molecular flexibility index (Phi) is 4.59. The van der Waals surface area contributed by atoms with E-state index in [1.165, 1.54) is 12.8 Å². The van der Waals surface area contributed by atoms with Crippen LogP contribution in [0.1, 0.15) is 38.3 Å². The first-order chi connectivity index (χ1) is 6.76. The first-order valence-electron chi connectivity index (χ1n) is 5.37. The average Bonchev–Trinajstić information content (AvgIpc) is 2.59. The summed E-state index contributed by atoms with van der Waals surface area (Å²) in [5, 5.41) is 10.4. The highest BCUT2D eigenvalue weighted by atomic mass is 15.2. The summed E-state index contributed by atoms with van der Waals surface area (Å²) in [5.41, 5.74) is 0. The molecule has 4 nitrogen and oxygen atoms in total. The van der Waals surface area contributed by atoms with Crippen LogP contribution in [0.4, 0.5) is 0 Å². The van der Waals surface area contributed by atoms with Gasteiger partial charge in [0.25, 0.3) is 0 Å². The van der Waals surface area contributed by atoms with Crippen molar-refractivity contribution in [3.8, 4) is 0 Å². The van der Waals surface area contributed by atoms with Crippen LogP contribution in [0, 0.1) is 6.92 Å². The summed E-state index contributed by atoms with van der Waals surface area (Å²) in [6.07, 6.45) is 3.27. The number of aryl methyl sites for hydroxylation is 1. The first kappa shape index (κ1) is 11.2. The van der Waals surface area contributed by atoms with Gasteiger partial charge in [-0.15, -0.1) is 0 Å². The molecule has 0 atom stereocenters. The topological polar surface area (TPSA) is 53.6 Å². The lowest BCUT2D eigenvalue weighted by Crippen LogP contribution is -2.29. The fourth-order valence-electron chi connectivity index (χ4n) is 1.47. The lowest BCUT2D eigenvalue weighted by atomic mass is 10.2. The molecule has 1 aromatic heterocycles. The molecule has 0 aromatic carbocycles. The normalized spacial score (nSPS) is 11.1. The highest BCUT2D eigenvalue weighted by Crippen LogP contribution is 1.96. The van der Waals surface area contributed by atoms with E-state index >= 15 is 0 Å². The van der Waals surface area contributed by atoms with Crippen molar-refractivity contribution in [1.29, 1.82) is 0 Å². The molecule has 4 heteroatoms. The number of nitrogens with one attached hydrogen (secondary N) is 2. The fraction of sp³-hybridized carbons (Fsp3) is 0.800. The van der Waals surface area contributed by atoms with E-state index in [0.717, 1.165) is 24.6 Å². The van der Waals surface area contributed by atoms with Gasteiger partial charge in [0.2, 0.25) is 0 Å². The van der Waals surface area contributed by atoms with Crippen LogP contribution in [-0.2, 0) is 6.42 Å². The maximum absolute atomic E-state index is 4.25. The van der Waals surface area contributed by atoms with Crippen molar-refractivity contribution in [3.63, 3.8) is 0 Å². The molecule has 0 unspecified atom stereocenters. The average molecular weight is 196 g/mol. The molecule has 2 N–H and O–H groups in total. The van der Waals surface area contributed by atoms with Gasteiger partial charge in [-0.2, -0.15) is 5.10 Å². The van der Waals surface area contributed by atoms with Crippen LogP contribution in [0.3, 0.4) is 0 Å². The molecule has 0 fully saturated rings. The zero-order valence-corrected chi connectivity index (χ0v) is 9.30. The van der Waals surface area contributed by atoms with E-state index in [-0.39, 0.29) is 0 Å². The largest absolute Gasteiger partial charge is 0.314 e. The number of nitrogens with zero attached hydrogens (tertiary/aromatic N) is 2. The van der Waals surface area contributed by atoms with E-state index in [0.29, 0.717) is 6.04 Å². The van der Waals surface area contributed by atoms with Crippen LogP contribution in [0.5, 0.6) is 0 Å². The second kappa shape index (κ2) is 5.75. The maximum Gasteiger partial charge on any atom is 0.151 e. The third kappa shape index (κ3) is 3.46. The van der Waals surface area contributed by atoms with E-state index in [2.05, 4.69) is 34.3 Å². The standard InChI is InChI=1S/C10H20N4/c1-4-9(5-2)11-7-6-10-12-8(3)13-14-10/h9,11H,4-7H2,1-3H3,(H,12,13,14). The van der Waals surface area contributed by atoms with Crippen LogP contribution in [0.2, 0.25) is 0 Å². The molecule has 14 heavy (non-hydrogen) atoms. The monoisotopic (exact) mass is 196 g/mol. The van der Waals surface area contributed by atoms with E-state index in [4.69, 9.17) is 0 Å². The molecule has 0 radical (unpaired) electrons. The zero-order valence-electron chi connectivity index (χ0n) is 9.30. The Morgan fingerprint density at radius 1 is 1.36 bits per heavy atom. The van der Waals surface area contributed by atoms with Gasteiger partial charge in [0.1, 0.15) is 5.82 Å². The van der Waals surface area contributed by atoms with Crippen molar-refractivity contribution in [2.24, 2.45) is 0 Å². The number of hydrogen-bond donors (Lipinski definition) is 2. The molecule has 1 aromatic rings. The summed E-state index contributed by atoms with van der Waals surface area (Å²) in [6.45, 7) is 7.30. The summed E-state index contributed by atoms with van der Waals surface area (Å²) < 4.78 is 0. The van der Waals surface area contributed by atoms with Crippen molar-refractivity contribution in [3.05, 3.63) is 11.6 Å². The zero-order chi connectivity index (χ0) is 10.4. The van der Waals surface area contributed by atoms with Gasteiger partial charge in [-0.3, -0.25) is 5.10 Å². The van der Waals surface area contributed by atoms with Crippen LogP contribution < -0.4 is 5.32 Å². The van der Waals surface area contributed by atoms with Crippen molar-refractivity contribution in [2.75, 3.05) is 6.54 Å². The number of aromatic amines is 1. The molecular formula is C10H20N4. The first-order valence-corrected chi connectivity index (χ1v) is 5.37. The molecule has 0 bridgehead atoms. The van der Waals surface area contributed by atoms with E-state index in [9.17, 15) is 0 Å². The molecule has 0 aliphatic carbocycles. The molecule has 0 aliphatic heterocycles. The Bertz CT molecular complexity index is 252. The molecule has 0 aliphatic rings. The molecule has 0 spiro atoms. The second-order valence-corrected chi connectivity index (χ2v) is 3.55. The Morgan fingerprint density at radius 2 is 2.07 bits per heavy atom. The van der Waals surface area contributed by atoms with Gasteiger partial charge in [-0.1, -0.05) is 13.8 Å². The van der Waals surface area contributed by atoms with Crippen molar-refractivity contribution < 1.29 is 0 Å². The molecule has 0 saturated carbocycles. The maximum atomic E-state index is 4.25. The molecule has 0 amide bonds. The van der Waals surface area contributed by atoms with Crippen LogP contribution in [-0.4, -0.2) is 27.8 Å². The SMILES string of the molecule is CCC(CC)NCCc1n[nH]c(C)n1. The van der Waals surface area contributed by atoms with Gasteiger partial charge in [0.05, 0.1) is 0 Å². The summed E-state index contributed by atoms with van der Waals surface area (Å²) >= 11 is 0. The lowest BCUT2D eigenvalue weighted by Gasteiger charge is -2.13. The number of hydrogen-bond acceptors (Lipinski definition) is 3. The van der Waals surface area contributed by atoms with Crippen LogP contribution in [0.15, 0.2) is 0 Å². The van der Waals surface area contributed by atoms with Gasteiger partial charge < -0.3 is 5.32 Å². The highest BCUT2D eigenvalue weighted by Gasteiger charge is 2.03. The minimum atomic E-state index is 0.634. The molecule has 0 saturated heterocycles. The molecule has 80 valence electrons. The summed E-state index contributed by atoms with van der Waals surface area (Å²) in [5.74, 6) is 1.79.